The molecule has 1 heterocycles. The Bertz CT molecular complexity index is 492. The van der Waals surface area contributed by atoms with Gasteiger partial charge >= 0.3 is 12.0 Å². The molecule has 1 fully saturated rings. The number of aliphatic carboxylic acids is 1. The Morgan fingerprint density at radius 3 is 2.67 bits per heavy atom. The molecule has 2 N–H and O–H groups in total. The maximum Gasteiger partial charge on any atom is 0.322 e. The van der Waals surface area contributed by atoms with E-state index in [1.54, 1.807) is 0 Å². The molecular formula is C15H21N3O3. The maximum absolute atomic E-state index is 12.4. The van der Waals surface area contributed by atoms with Crippen LogP contribution in [-0.4, -0.2) is 54.7 Å². The SMILES string of the molecule is CN1CCC(NC(=O)N(CCC(=O)O)c2ccccc2)C1. The summed E-state index contributed by atoms with van der Waals surface area (Å²) in [6.07, 6.45) is 0.844. The number of benzene rings is 1. The lowest BCUT2D eigenvalue weighted by atomic mass is 10.2. The molecule has 6 heteroatoms. The van der Waals surface area contributed by atoms with Crippen molar-refractivity contribution < 1.29 is 14.7 Å². The molecule has 0 spiro atoms. The van der Waals surface area contributed by atoms with Gasteiger partial charge in [-0.2, -0.15) is 0 Å². The lowest BCUT2D eigenvalue weighted by Crippen LogP contribution is -2.46. The van der Waals surface area contributed by atoms with Crippen molar-refractivity contribution in [1.29, 1.82) is 0 Å². The van der Waals surface area contributed by atoms with Crippen molar-refractivity contribution in [3.63, 3.8) is 0 Å². The zero-order valence-electron chi connectivity index (χ0n) is 12.2. The second kappa shape index (κ2) is 7.08. The number of amides is 2. The molecule has 1 atom stereocenters. The van der Waals surface area contributed by atoms with Crippen LogP contribution < -0.4 is 10.2 Å². The second-order valence-corrected chi connectivity index (χ2v) is 5.33. The van der Waals surface area contributed by atoms with Gasteiger partial charge in [0.25, 0.3) is 0 Å². The summed E-state index contributed by atoms with van der Waals surface area (Å²) in [5, 5.41) is 11.8. The predicted molar refractivity (Wildman–Crippen MR) is 80.5 cm³/mol. The maximum atomic E-state index is 12.4. The Morgan fingerprint density at radius 2 is 2.10 bits per heavy atom. The zero-order chi connectivity index (χ0) is 15.2. The smallest absolute Gasteiger partial charge is 0.322 e. The summed E-state index contributed by atoms with van der Waals surface area (Å²) in [5.74, 6) is -0.913. The normalized spacial score (nSPS) is 18.4. The van der Waals surface area contributed by atoms with E-state index in [2.05, 4.69) is 10.2 Å². The van der Waals surface area contributed by atoms with Gasteiger partial charge in [0, 0.05) is 24.8 Å². The van der Waals surface area contributed by atoms with Gasteiger partial charge in [-0.15, -0.1) is 0 Å². The molecule has 1 aliphatic heterocycles. The Kier molecular flexibility index (Phi) is 5.16. The van der Waals surface area contributed by atoms with Gasteiger partial charge < -0.3 is 15.3 Å². The van der Waals surface area contributed by atoms with E-state index in [1.807, 2.05) is 37.4 Å². The van der Waals surface area contributed by atoms with E-state index in [4.69, 9.17) is 5.11 Å². The third-order valence-electron chi connectivity index (χ3n) is 3.58. The van der Waals surface area contributed by atoms with Crippen molar-refractivity contribution in [2.75, 3.05) is 31.6 Å². The van der Waals surface area contributed by atoms with Crippen LogP contribution >= 0.6 is 0 Å². The van der Waals surface area contributed by atoms with Crippen molar-refractivity contribution in [2.45, 2.75) is 18.9 Å². The lowest BCUT2D eigenvalue weighted by molar-refractivity contribution is -0.136. The van der Waals surface area contributed by atoms with Gasteiger partial charge in [-0.3, -0.25) is 9.69 Å². The third kappa shape index (κ3) is 4.46. The number of urea groups is 1. The number of carboxylic acid groups (broad SMARTS) is 1. The Hall–Kier alpha value is -2.08. The fourth-order valence-corrected chi connectivity index (χ4v) is 2.47. The van der Waals surface area contributed by atoms with Crippen molar-refractivity contribution in [3.8, 4) is 0 Å². The molecule has 114 valence electrons. The number of nitrogens with zero attached hydrogens (tertiary/aromatic N) is 2. The number of carbonyl (C=O) groups is 2. The minimum atomic E-state index is -0.913. The lowest BCUT2D eigenvalue weighted by Gasteiger charge is -2.24. The number of rotatable bonds is 5. The van der Waals surface area contributed by atoms with Crippen molar-refractivity contribution in [3.05, 3.63) is 30.3 Å². The van der Waals surface area contributed by atoms with Crippen molar-refractivity contribution in [2.24, 2.45) is 0 Å². The first-order valence-electron chi connectivity index (χ1n) is 7.09. The predicted octanol–water partition coefficient (Wildman–Crippen LogP) is 1.38. The fraction of sp³-hybridized carbons (Fsp3) is 0.467. The van der Waals surface area contributed by atoms with Crippen molar-refractivity contribution >= 4 is 17.7 Å². The molecule has 2 amide bonds. The van der Waals surface area contributed by atoms with Crippen LogP contribution in [0.3, 0.4) is 0 Å². The van der Waals surface area contributed by atoms with Crippen LogP contribution in [0.1, 0.15) is 12.8 Å². The van der Waals surface area contributed by atoms with E-state index in [0.717, 1.165) is 19.5 Å². The van der Waals surface area contributed by atoms with E-state index in [1.165, 1.54) is 4.90 Å². The first-order chi connectivity index (χ1) is 10.1. The summed E-state index contributed by atoms with van der Waals surface area (Å²) >= 11 is 0. The van der Waals surface area contributed by atoms with Crippen molar-refractivity contribution in [1.82, 2.24) is 10.2 Å². The molecule has 0 aromatic heterocycles. The molecular weight excluding hydrogens is 270 g/mol. The highest BCUT2D eigenvalue weighted by molar-refractivity contribution is 5.92. The number of nitrogens with one attached hydrogen (secondary N) is 1. The summed E-state index contributed by atoms with van der Waals surface area (Å²) in [5.41, 5.74) is 0.711. The molecule has 1 aromatic carbocycles. The molecule has 0 bridgehead atoms. The quantitative estimate of drug-likeness (QED) is 0.859. The number of anilines is 1. The van der Waals surface area contributed by atoms with Crippen LogP contribution in [0.4, 0.5) is 10.5 Å². The summed E-state index contributed by atoms with van der Waals surface area (Å²) in [4.78, 5) is 26.9. The number of hydrogen-bond donors (Lipinski definition) is 2. The number of carbonyl (C=O) groups excluding carboxylic acids is 1. The number of hydrogen-bond acceptors (Lipinski definition) is 3. The van der Waals surface area contributed by atoms with Crippen LogP contribution in [0.2, 0.25) is 0 Å². The Morgan fingerprint density at radius 1 is 1.38 bits per heavy atom. The first-order valence-corrected chi connectivity index (χ1v) is 7.09. The van der Waals surface area contributed by atoms with Gasteiger partial charge in [0.15, 0.2) is 0 Å². The van der Waals surface area contributed by atoms with Gasteiger partial charge in [-0.25, -0.2) is 4.79 Å². The van der Waals surface area contributed by atoms with Crippen LogP contribution in [0.25, 0.3) is 0 Å². The molecule has 1 saturated heterocycles. The number of likely N-dealkylation sites (N-methyl/N-ethyl adjacent to an activating group) is 1. The molecule has 0 aliphatic carbocycles. The highest BCUT2D eigenvalue weighted by Crippen LogP contribution is 2.15. The second-order valence-electron chi connectivity index (χ2n) is 5.33. The van der Waals surface area contributed by atoms with Gasteiger partial charge in [-0.1, -0.05) is 18.2 Å². The molecule has 0 radical (unpaired) electrons. The number of carboxylic acids is 1. The van der Waals surface area contributed by atoms with E-state index >= 15 is 0 Å². The molecule has 1 aromatic rings. The molecule has 21 heavy (non-hydrogen) atoms. The molecule has 1 aliphatic rings. The Balaban J connectivity index is 2.03. The van der Waals surface area contributed by atoms with Crippen LogP contribution in [0.15, 0.2) is 30.3 Å². The van der Waals surface area contributed by atoms with E-state index < -0.39 is 5.97 Å². The van der Waals surface area contributed by atoms with Gasteiger partial charge in [0.2, 0.25) is 0 Å². The number of para-hydroxylation sites is 1. The summed E-state index contributed by atoms with van der Waals surface area (Å²) in [6, 6.07) is 9.04. The van der Waals surface area contributed by atoms with Gasteiger partial charge in [-0.05, 0) is 32.1 Å². The molecule has 1 unspecified atom stereocenters. The largest absolute Gasteiger partial charge is 0.481 e. The highest BCUT2D eigenvalue weighted by atomic mass is 16.4. The van der Waals surface area contributed by atoms with E-state index in [9.17, 15) is 9.59 Å². The topological polar surface area (TPSA) is 72.9 Å². The zero-order valence-corrected chi connectivity index (χ0v) is 12.2. The summed E-state index contributed by atoms with van der Waals surface area (Å²) < 4.78 is 0. The Labute approximate surface area is 124 Å². The third-order valence-corrected chi connectivity index (χ3v) is 3.58. The molecule has 6 nitrogen and oxygen atoms in total. The monoisotopic (exact) mass is 291 g/mol. The van der Waals surface area contributed by atoms with Crippen LogP contribution in [0.5, 0.6) is 0 Å². The van der Waals surface area contributed by atoms with E-state index in [0.29, 0.717) is 5.69 Å². The fourth-order valence-electron chi connectivity index (χ4n) is 2.47. The van der Waals surface area contributed by atoms with Crippen LogP contribution in [0, 0.1) is 0 Å². The minimum absolute atomic E-state index is 0.0765. The average Bonchev–Trinajstić information content (AvgIpc) is 2.85. The molecule has 2 rings (SSSR count). The summed E-state index contributed by atoms with van der Waals surface area (Å²) in [6.45, 7) is 1.95. The molecule has 0 saturated carbocycles. The first kappa shape index (κ1) is 15.3. The van der Waals surface area contributed by atoms with Gasteiger partial charge in [0.1, 0.15) is 0 Å². The highest BCUT2D eigenvalue weighted by Gasteiger charge is 2.24. The van der Waals surface area contributed by atoms with E-state index in [-0.39, 0.29) is 25.0 Å². The van der Waals surface area contributed by atoms with Gasteiger partial charge in [0.05, 0.1) is 6.42 Å². The standard InChI is InChI=1S/C15H21N3O3/c1-17-9-7-12(11-17)16-15(21)18(10-8-14(19)20)13-5-3-2-4-6-13/h2-6,12H,7-11H2,1H3,(H,16,21)(H,19,20). The van der Waals surface area contributed by atoms with Crippen LogP contribution in [-0.2, 0) is 4.79 Å². The minimum Gasteiger partial charge on any atom is -0.481 e. The number of likely N-dealkylation sites (tertiary alicyclic amines) is 1. The average molecular weight is 291 g/mol. The summed E-state index contributed by atoms with van der Waals surface area (Å²) in [7, 11) is 2.02.